The fraction of sp³-hybridized carbons (Fsp3) is 0.200. The predicted molar refractivity (Wildman–Crippen MR) is 258 cm³/mol. The van der Waals surface area contributed by atoms with Crippen LogP contribution >= 0.6 is 0 Å². The van der Waals surface area contributed by atoms with Crippen LogP contribution in [0.1, 0.15) is 99.9 Å². The first-order chi connectivity index (χ1) is 29.3. The Morgan fingerprint density at radius 2 is 0.770 bits per heavy atom. The van der Waals surface area contributed by atoms with Gasteiger partial charge in [0.2, 0.25) is 0 Å². The van der Waals surface area contributed by atoms with E-state index in [0.717, 1.165) is 0 Å². The highest BCUT2D eigenvalue weighted by Gasteiger charge is 2.52. The molecule has 0 radical (unpaired) electrons. The molecule has 298 valence electrons. The predicted octanol–water partition coefficient (Wildman–Crippen LogP) is 16.1. The molecule has 0 bridgehead atoms. The zero-order valence-electron chi connectivity index (χ0n) is 36.7. The minimum absolute atomic E-state index is 0.0552. The molecule has 0 fully saturated rings. The summed E-state index contributed by atoms with van der Waals surface area (Å²) in [5.41, 5.74) is 24.0. The maximum absolute atomic E-state index is 2.65. The molecule has 1 nitrogen and oxygen atoms in total. The monoisotopic (exact) mass is 787 g/mol. The topological polar surface area (TPSA) is 3.24 Å². The molecular formula is C60H53N. The van der Waals surface area contributed by atoms with Gasteiger partial charge >= 0.3 is 0 Å². The third-order valence-electron chi connectivity index (χ3n) is 14.2. The third kappa shape index (κ3) is 5.26. The highest BCUT2D eigenvalue weighted by Crippen LogP contribution is 2.65. The molecule has 3 aliphatic rings. The summed E-state index contributed by atoms with van der Waals surface area (Å²) >= 11 is 0. The van der Waals surface area contributed by atoms with Crippen LogP contribution in [0, 0.1) is 0 Å². The van der Waals surface area contributed by atoms with Gasteiger partial charge in [0.15, 0.2) is 0 Å². The Hall–Kier alpha value is -6.44. The molecular weight excluding hydrogens is 735 g/mol. The molecule has 0 aliphatic heterocycles. The fourth-order valence-corrected chi connectivity index (χ4v) is 11.2. The van der Waals surface area contributed by atoms with Crippen molar-refractivity contribution in [2.24, 2.45) is 0 Å². The van der Waals surface area contributed by atoms with E-state index in [9.17, 15) is 0 Å². The van der Waals surface area contributed by atoms with E-state index in [1.807, 2.05) is 0 Å². The largest absolute Gasteiger partial charge is 0.309 e. The molecule has 8 aromatic carbocycles. The molecule has 0 saturated heterocycles. The Morgan fingerprint density at radius 3 is 1.33 bits per heavy atom. The lowest BCUT2D eigenvalue weighted by Gasteiger charge is -2.34. The summed E-state index contributed by atoms with van der Waals surface area (Å²) in [7, 11) is 0. The molecule has 8 aromatic rings. The van der Waals surface area contributed by atoms with Crippen molar-refractivity contribution in [3.8, 4) is 44.5 Å². The second kappa shape index (κ2) is 13.0. The number of fused-ring (bicyclic) bond motifs is 13. The van der Waals surface area contributed by atoms with Gasteiger partial charge < -0.3 is 4.90 Å². The van der Waals surface area contributed by atoms with Gasteiger partial charge in [-0.3, -0.25) is 0 Å². The highest BCUT2D eigenvalue weighted by molar-refractivity contribution is 6.05. The summed E-state index contributed by atoms with van der Waals surface area (Å²) in [4.78, 5) is 2.65. The molecule has 1 heteroatoms. The number of benzene rings is 8. The van der Waals surface area contributed by atoms with Gasteiger partial charge in [-0.2, -0.15) is 0 Å². The standard InChI is InChI=1S/C60H53N/c1-57(2,3)39-33-31-38(32-34-39)41-36-35-40(58(4,5)6)37-54(41)61(52-29-17-27-50-55(52)44-21-11-13-23-46(44)59(50,7)8)53-30-18-28-51-56(53)45-22-12-16-26-49(45)60(51)47-24-14-9-19-42(47)43-20-10-15-25-48(43)60/h9-37H,1-8H3. The average molecular weight is 788 g/mol. The summed E-state index contributed by atoms with van der Waals surface area (Å²) in [6.45, 7) is 18.7. The van der Waals surface area contributed by atoms with Gasteiger partial charge in [-0.15, -0.1) is 0 Å². The van der Waals surface area contributed by atoms with Crippen LogP contribution in [-0.2, 0) is 21.7 Å². The lowest BCUT2D eigenvalue weighted by atomic mass is 9.70. The van der Waals surface area contributed by atoms with Crippen LogP contribution in [0.2, 0.25) is 0 Å². The normalized spacial score (nSPS) is 14.8. The molecule has 0 aromatic heterocycles. The van der Waals surface area contributed by atoms with Crippen molar-refractivity contribution < 1.29 is 0 Å². The van der Waals surface area contributed by atoms with Crippen LogP contribution in [0.25, 0.3) is 44.5 Å². The number of nitrogens with zero attached hydrogens (tertiary/aromatic N) is 1. The number of hydrogen-bond acceptors (Lipinski definition) is 1. The zero-order valence-corrected chi connectivity index (χ0v) is 36.7. The Kier molecular flexibility index (Phi) is 8.02. The minimum atomic E-state index is -0.451. The van der Waals surface area contributed by atoms with Gasteiger partial charge in [-0.1, -0.05) is 213 Å². The van der Waals surface area contributed by atoms with Crippen LogP contribution in [0.5, 0.6) is 0 Å². The molecule has 0 amide bonds. The molecule has 1 spiro atoms. The van der Waals surface area contributed by atoms with Crippen molar-refractivity contribution >= 4 is 17.1 Å². The first-order valence-corrected chi connectivity index (χ1v) is 22.0. The Labute approximate surface area is 362 Å². The number of rotatable bonds is 4. The van der Waals surface area contributed by atoms with Crippen LogP contribution < -0.4 is 4.90 Å². The van der Waals surface area contributed by atoms with Gasteiger partial charge in [0, 0.05) is 22.1 Å². The first-order valence-electron chi connectivity index (χ1n) is 22.0. The lowest BCUT2D eigenvalue weighted by Crippen LogP contribution is -2.26. The molecule has 0 heterocycles. The van der Waals surface area contributed by atoms with Crippen molar-refractivity contribution in [3.63, 3.8) is 0 Å². The second-order valence-electron chi connectivity index (χ2n) is 20.1. The van der Waals surface area contributed by atoms with Gasteiger partial charge in [-0.25, -0.2) is 0 Å². The SMILES string of the molecule is CC(C)(C)c1ccc(-c2ccc(C(C)(C)C)cc2N(c2cccc3c2-c2ccccc2C3(C)C)c2cccc3c2-c2ccccc2C32c3ccccc3-c3ccccc32)cc1. The summed E-state index contributed by atoms with van der Waals surface area (Å²) < 4.78 is 0. The van der Waals surface area contributed by atoms with Crippen LogP contribution in [0.4, 0.5) is 17.1 Å². The summed E-state index contributed by atoms with van der Waals surface area (Å²) in [6, 6.07) is 67.3. The Morgan fingerprint density at radius 1 is 0.344 bits per heavy atom. The van der Waals surface area contributed by atoms with Crippen LogP contribution in [-0.4, -0.2) is 0 Å². The van der Waals surface area contributed by atoms with E-state index in [2.05, 4.69) is 236 Å². The molecule has 3 aliphatic carbocycles. The average Bonchev–Trinajstić information content (AvgIpc) is 3.83. The van der Waals surface area contributed by atoms with Gasteiger partial charge in [-0.05, 0) is 101 Å². The maximum atomic E-state index is 2.65. The smallest absolute Gasteiger partial charge is 0.0726 e. The van der Waals surface area contributed by atoms with Crippen molar-refractivity contribution in [2.75, 3.05) is 4.90 Å². The fourth-order valence-electron chi connectivity index (χ4n) is 11.2. The lowest BCUT2D eigenvalue weighted by molar-refractivity contribution is 0.590. The molecule has 0 N–H and O–H groups in total. The quantitative estimate of drug-likeness (QED) is 0.172. The third-order valence-corrected chi connectivity index (χ3v) is 14.2. The van der Waals surface area contributed by atoms with Crippen molar-refractivity contribution in [1.29, 1.82) is 0 Å². The Balaban J connectivity index is 1.28. The molecule has 0 unspecified atom stereocenters. The zero-order chi connectivity index (χ0) is 42.1. The van der Waals surface area contributed by atoms with E-state index in [1.165, 1.54) is 106 Å². The first kappa shape index (κ1) is 37.6. The van der Waals surface area contributed by atoms with Gasteiger partial charge in [0.25, 0.3) is 0 Å². The summed E-state index contributed by atoms with van der Waals surface area (Å²) in [6.07, 6.45) is 0. The van der Waals surface area contributed by atoms with Crippen LogP contribution in [0.15, 0.2) is 176 Å². The highest BCUT2D eigenvalue weighted by atomic mass is 15.2. The van der Waals surface area contributed by atoms with Gasteiger partial charge in [0.1, 0.15) is 0 Å². The molecule has 11 rings (SSSR count). The molecule has 0 atom stereocenters. The molecule has 0 saturated carbocycles. The van der Waals surface area contributed by atoms with E-state index in [0.29, 0.717) is 0 Å². The summed E-state index contributed by atoms with van der Waals surface area (Å²) in [5.74, 6) is 0. The van der Waals surface area contributed by atoms with E-state index >= 15 is 0 Å². The number of anilines is 3. The Bertz CT molecular complexity index is 3030. The second-order valence-corrected chi connectivity index (χ2v) is 20.1. The van der Waals surface area contributed by atoms with E-state index < -0.39 is 5.41 Å². The van der Waals surface area contributed by atoms with Crippen molar-refractivity contribution in [2.45, 2.75) is 77.0 Å². The van der Waals surface area contributed by atoms with Gasteiger partial charge in [0.05, 0.1) is 22.5 Å². The van der Waals surface area contributed by atoms with Crippen molar-refractivity contribution in [1.82, 2.24) is 0 Å². The molecule has 61 heavy (non-hydrogen) atoms. The van der Waals surface area contributed by atoms with E-state index in [4.69, 9.17) is 0 Å². The minimum Gasteiger partial charge on any atom is -0.309 e. The summed E-state index contributed by atoms with van der Waals surface area (Å²) in [5, 5.41) is 0. The van der Waals surface area contributed by atoms with Crippen LogP contribution in [0.3, 0.4) is 0 Å². The number of hydrogen-bond donors (Lipinski definition) is 0. The maximum Gasteiger partial charge on any atom is 0.0726 e. The van der Waals surface area contributed by atoms with Crippen molar-refractivity contribution in [3.05, 3.63) is 220 Å². The van der Waals surface area contributed by atoms with E-state index in [1.54, 1.807) is 0 Å². The van der Waals surface area contributed by atoms with E-state index in [-0.39, 0.29) is 16.2 Å².